The molecule has 0 aliphatic rings. The molecular weight excluding hydrogens is 292 g/mol. The number of rotatable bonds is 6. The SMILES string of the molecule is Cc1cc([N+](=O)[O-])c(C)cc1NS(=O)(=O)CCCCl. The van der Waals surface area contributed by atoms with Gasteiger partial charge in [0.25, 0.3) is 5.69 Å². The van der Waals surface area contributed by atoms with Gasteiger partial charge in [0.05, 0.1) is 16.4 Å². The molecular formula is C11H15ClN2O4S. The number of alkyl halides is 1. The van der Waals surface area contributed by atoms with Gasteiger partial charge in [-0.25, -0.2) is 8.42 Å². The van der Waals surface area contributed by atoms with Gasteiger partial charge in [-0.05, 0) is 31.9 Å². The van der Waals surface area contributed by atoms with Gasteiger partial charge in [0.15, 0.2) is 0 Å². The summed E-state index contributed by atoms with van der Waals surface area (Å²) in [4.78, 5) is 10.3. The van der Waals surface area contributed by atoms with E-state index in [2.05, 4.69) is 4.72 Å². The Labute approximate surface area is 117 Å². The molecule has 1 rings (SSSR count). The summed E-state index contributed by atoms with van der Waals surface area (Å²) in [5, 5.41) is 10.8. The number of nitro benzene ring substituents is 1. The van der Waals surface area contributed by atoms with Gasteiger partial charge in [-0.2, -0.15) is 0 Å². The number of sulfonamides is 1. The Bertz CT molecular complexity index is 587. The molecule has 0 unspecified atom stereocenters. The van der Waals surface area contributed by atoms with E-state index in [-0.39, 0.29) is 17.3 Å². The molecule has 0 aliphatic heterocycles. The number of anilines is 1. The average molecular weight is 307 g/mol. The summed E-state index contributed by atoms with van der Waals surface area (Å²) in [6.45, 7) is 3.18. The van der Waals surface area contributed by atoms with E-state index >= 15 is 0 Å². The molecule has 0 atom stereocenters. The second-order valence-electron chi connectivity index (χ2n) is 4.17. The molecule has 0 fully saturated rings. The summed E-state index contributed by atoms with van der Waals surface area (Å²) < 4.78 is 25.9. The van der Waals surface area contributed by atoms with E-state index in [0.29, 0.717) is 23.2 Å². The van der Waals surface area contributed by atoms with Crippen molar-refractivity contribution in [2.75, 3.05) is 16.4 Å². The van der Waals surface area contributed by atoms with Crippen LogP contribution in [0.1, 0.15) is 17.5 Å². The Morgan fingerprint density at radius 1 is 1.32 bits per heavy atom. The summed E-state index contributed by atoms with van der Waals surface area (Å²) in [5.74, 6) is 0.186. The summed E-state index contributed by atoms with van der Waals surface area (Å²) in [5.41, 5.74) is 1.25. The minimum atomic E-state index is -3.47. The normalized spacial score (nSPS) is 11.3. The molecule has 0 saturated heterocycles. The minimum Gasteiger partial charge on any atom is -0.283 e. The largest absolute Gasteiger partial charge is 0.283 e. The molecule has 1 aromatic carbocycles. The predicted molar refractivity (Wildman–Crippen MR) is 75.3 cm³/mol. The first kappa shape index (κ1) is 15.7. The van der Waals surface area contributed by atoms with Gasteiger partial charge in [0.1, 0.15) is 0 Å². The quantitative estimate of drug-likeness (QED) is 0.497. The predicted octanol–water partition coefficient (Wildman–Crippen LogP) is 2.58. The smallest absolute Gasteiger partial charge is 0.272 e. The third kappa shape index (κ3) is 4.36. The van der Waals surface area contributed by atoms with Crippen molar-refractivity contribution in [3.05, 3.63) is 33.4 Å². The van der Waals surface area contributed by atoms with E-state index in [9.17, 15) is 18.5 Å². The first-order valence-electron chi connectivity index (χ1n) is 5.59. The van der Waals surface area contributed by atoms with Gasteiger partial charge in [0.2, 0.25) is 10.0 Å². The van der Waals surface area contributed by atoms with Crippen LogP contribution >= 0.6 is 11.6 Å². The first-order valence-corrected chi connectivity index (χ1v) is 7.77. The molecule has 19 heavy (non-hydrogen) atoms. The van der Waals surface area contributed by atoms with Crippen molar-refractivity contribution < 1.29 is 13.3 Å². The number of aryl methyl sites for hydroxylation is 2. The lowest BCUT2D eigenvalue weighted by Crippen LogP contribution is -2.17. The maximum atomic E-state index is 11.7. The van der Waals surface area contributed by atoms with Crippen LogP contribution in [0, 0.1) is 24.0 Å². The van der Waals surface area contributed by atoms with E-state index in [0.717, 1.165) is 0 Å². The lowest BCUT2D eigenvalue weighted by atomic mass is 10.1. The first-order chi connectivity index (χ1) is 8.76. The molecule has 1 aromatic rings. The Kier molecular flexibility index (Phi) is 5.13. The van der Waals surface area contributed by atoms with Gasteiger partial charge < -0.3 is 0 Å². The van der Waals surface area contributed by atoms with Gasteiger partial charge in [-0.3, -0.25) is 14.8 Å². The van der Waals surface area contributed by atoms with Crippen molar-refractivity contribution in [2.45, 2.75) is 20.3 Å². The van der Waals surface area contributed by atoms with Gasteiger partial charge in [-0.15, -0.1) is 11.6 Å². The highest BCUT2D eigenvalue weighted by Gasteiger charge is 2.16. The number of nitro groups is 1. The van der Waals surface area contributed by atoms with E-state index < -0.39 is 14.9 Å². The maximum Gasteiger partial charge on any atom is 0.272 e. The Morgan fingerprint density at radius 2 is 1.95 bits per heavy atom. The molecule has 106 valence electrons. The van der Waals surface area contributed by atoms with Crippen LogP contribution in [0.15, 0.2) is 12.1 Å². The summed E-state index contributed by atoms with van der Waals surface area (Å²) >= 11 is 5.46. The summed E-state index contributed by atoms with van der Waals surface area (Å²) in [6.07, 6.45) is 0.349. The van der Waals surface area contributed by atoms with Crippen LogP contribution in [-0.4, -0.2) is 25.0 Å². The van der Waals surface area contributed by atoms with E-state index in [1.807, 2.05) is 0 Å². The van der Waals surface area contributed by atoms with Crippen molar-refractivity contribution in [3.8, 4) is 0 Å². The van der Waals surface area contributed by atoms with Crippen molar-refractivity contribution in [1.82, 2.24) is 0 Å². The third-order valence-corrected chi connectivity index (χ3v) is 4.18. The lowest BCUT2D eigenvalue weighted by Gasteiger charge is -2.11. The Balaban J connectivity index is 3.03. The second kappa shape index (κ2) is 6.21. The van der Waals surface area contributed by atoms with Crippen LogP contribution in [0.3, 0.4) is 0 Å². The van der Waals surface area contributed by atoms with Gasteiger partial charge in [0, 0.05) is 17.5 Å². The standard InChI is InChI=1S/C11H15ClN2O4S/c1-8-7-11(14(15)16)9(2)6-10(8)13-19(17,18)5-3-4-12/h6-7,13H,3-5H2,1-2H3. The zero-order valence-electron chi connectivity index (χ0n) is 10.6. The maximum absolute atomic E-state index is 11.7. The number of nitrogens with zero attached hydrogens (tertiary/aromatic N) is 1. The number of benzene rings is 1. The van der Waals surface area contributed by atoms with Gasteiger partial charge in [-0.1, -0.05) is 0 Å². The molecule has 0 radical (unpaired) electrons. The Hall–Kier alpha value is -1.34. The minimum absolute atomic E-state index is 0.0267. The number of nitrogens with one attached hydrogen (secondary N) is 1. The topological polar surface area (TPSA) is 89.3 Å². The van der Waals surface area contributed by atoms with E-state index in [1.54, 1.807) is 13.8 Å². The summed E-state index contributed by atoms with van der Waals surface area (Å²) in [7, 11) is -3.47. The molecule has 8 heteroatoms. The fourth-order valence-electron chi connectivity index (χ4n) is 1.57. The van der Waals surface area contributed by atoms with Crippen molar-refractivity contribution in [1.29, 1.82) is 0 Å². The fraction of sp³-hybridized carbons (Fsp3) is 0.455. The molecule has 0 aromatic heterocycles. The van der Waals surface area contributed by atoms with E-state index in [1.165, 1.54) is 12.1 Å². The number of hydrogen-bond acceptors (Lipinski definition) is 4. The molecule has 0 heterocycles. The number of halogens is 1. The zero-order chi connectivity index (χ0) is 14.6. The van der Waals surface area contributed by atoms with Gasteiger partial charge >= 0.3 is 0 Å². The van der Waals surface area contributed by atoms with Crippen LogP contribution in [0.2, 0.25) is 0 Å². The highest BCUT2D eigenvalue weighted by atomic mass is 35.5. The number of hydrogen-bond donors (Lipinski definition) is 1. The average Bonchev–Trinajstić information content (AvgIpc) is 2.30. The monoisotopic (exact) mass is 306 g/mol. The van der Waals surface area contributed by atoms with Crippen LogP contribution in [0.25, 0.3) is 0 Å². The zero-order valence-corrected chi connectivity index (χ0v) is 12.2. The van der Waals surface area contributed by atoms with Crippen LogP contribution in [-0.2, 0) is 10.0 Å². The van der Waals surface area contributed by atoms with Crippen LogP contribution < -0.4 is 4.72 Å². The molecule has 0 bridgehead atoms. The van der Waals surface area contributed by atoms with Crippen molar-refractivity contribution in [3.63, 3.8) is 0 Å². The molecule has 6 nitrogen and oxygen atoms in total. The lowest BCUT2D eigenvalue weighted by molar-refractivity contribution is -0.385. The van der Waals surface area contributed by atoms with Crippen molar-refractivity contribution >= 4 is 33.0 Å². The molecule has 0 aliphatic carbocycles. The van der Waals surface area contributed by atoms with E-state index in [4.69, 9.17) is 11.6 Å². The molecule has 0 amide bonds. The highest BCUT2D eigenvalue weighted by molar-refractivity contribution is 7.92. The Morgan fingerprint density at radius 3 is 2.47 bits per heavy atom. The summed E-state index contributed by atoms with van der Waals surface area (Å²) in [6, 6.07) is 2.82. The van der Waals surface area contributed by atoms with Crippen LogP contribution in [0.4, 0.5) is 11.4 Å². The molecule has 0 spiro atoms. The van der Waals surface area contributed by atoms with Crippen molar-refractivity contribution in [2.24, 2.45) is 0 Å². The highest BCUT2D eigenvalue weighted by Crippen LogP contribution is 2.26. The van der Waals surface area contributed by atoms with Crippen LogP contribution in [0.5, 0.6) is 0 Å². The fourth-order valence-corrected chi connectivity index (χ4v) is 3.04. The third-order valence-electron chi connectivity index (χ3n) is 2.55. The second-order valence-corrected chi connectivity index (χ2v) is 6.39. The molecule has 1 N–H and O–H groups in total. The molecule has 0 saturated carbocycles.